The molecule has 0 aliphatic rings. The molecule has 0 radical (unpaired) electrons. The standard InChI is InChI=1S/C6H4F8O3/c7-2(8)5(11,12)6(13,14)4(9,10)1-17-3(15)16/h2H,1H2,(H,15,16)/p-1. The van der Waals surface area contributed by atoms with Crippen LogP contribution in [0.25, 0.3) is 0 Å². The minimum atomic E-state index is -6.48. The number of halogens is 8. The van der Waals surface area contributed by atoms with Crippen LogP contribution in [0.5, 0.6) is 0 Å². The van der Waals surface area contributed by atoms with Gasteiger partial charge in [0.2, 0.25) is 0 Å². The van der Waals surface area contributed by atoms with Crippen LogP contribution in [-0.4, -0.2) is 37.0 Å². The van der Waals surface area contributed by atoms with E-state index in [0.717, 1.165) is 0 Å². The van der Waals surface area contributed by atoms with Gasteiger partial charge in [-0.3, -0.25) is 0 Å². The first-order valence-corrected chi connectivity index (χ1v) is 3.61. The number of carbonyl (C=O) groups excluding carboxylic acids is 1. The van der Waals surface area contributed by atoms with Gasteiger partial charge in [-0.25, -0.2) is 8.78 Å². The maximum atomic E-state index is 12.4. The first-order chi connectivity index (χ1) is 7.36. The van der Waals surface area contributed by atoms with Gasteiger partial charge in [-0.15, -0.1) is 0 Å². The zero-order valence-electron chi connectivity index (χ0n) is 7.53. The van der Waals surface area contributed by atoms with Gasteiger partial charge in [0.05, 0.1) is 6.61 Å². The largest absolute Gasteiger partial charge is 0.543 e. The van der Waals surface area contributed by atoms with E-state index in [0.29, 0.717) is 0 Å². The van der Waals surface area contributed by atoms with Gasteiger partial charge in [-0.2, -0.15) is 26.3 Å². The van der Waals surface area contributed by atoms with Crippen LogP contribution in [-0.2, 0) is 4.74 Å². The third kappa shape index (κ3) is 2.88. The van der Waals surface area contributed by atoms with Crippen LogP contribution in [0.15, 0.2) is 0 Å². The molecule has 0 aromatic rings. The normalized spacial score (nSPS) is 13.9. The maximum Gasteiger partial charge on any atom is 0.379 e. The smallest absolute Gasteiger partial charge is 0.379 e. The summed E-state index contributed by atoms with van der Waals surface area (Å²) in [7, 11) is 0. The van der Waals surface area contributed by atoms with Crippen molar-refractivity contribution in [2.24, 2.45) is 0 Å². The molecule has 0 spiro atoms. The van der Waals surface area contributed by atoms with Crippen LogP contribution >= 0.6 is 0 Å². The van der Waals surface area contributed by atoms with Crippen molar-refractivity contribution in [2.45, 2.75) is 24.2 Å². The van der Waals surface area contributed by atoms with Crippen molar-refractivity contribution in [3.05, 3.63) is 0 Å². The summed E-state index contributed by atoms with van der Waals surface area (Å²) >= 11 is 0. The Hall–Kier alpha value is -1.29. The summed E-state index contributed by atoms with van der Waals surface area (Å²) in [6.45, 7) is -2.73. The molecule has 0 heterocycles. The number of hydrogen-bond acceptors (Lipinski definition) is 3. The van der Waals surface area contributed by atoms with Gasteiger partial charge in [0.25, 0.3) is 6.16 Å². The maximum absolute atomic E-state index is 12.4. The molecule has 11 heteroatoms. The van der Waals surface area contributed by atoms with E-state index in [9.17, 15) is 45.0 Å². The van der Waals surface area contributed by atoms with Crippen LogP contribution in [0.1, 0.15) is 0 Å². The second-order valence-corrected chi connectivity index (χ2v) is 2.74. The monoisotopic (exact) mass is 275 g/mol. The molecule has 102 valence electrons. The molecule has 0 aliphatic carbocycles. The molecule has 0 aromatic heterocycles. The Balaban J connectivity index is 5.08. The average molecular weight is 275 g/mol. The molecule has 0 amide bonds. The zero-order chi connectivity index (χ0) is 14.1. The number of alkyl halides is 8. The summed E-state index contributed by atoms with van der Waals surface area (Å²) in [6, 6.07) is 0. The number of rotatable bonds is 5. The zero-order valence-corrected chi connectivity index (χ0v) is 7.53. The van der Waals surface area contributed by atoms with Crippen molar-refractivity contribution < 1.29 is 49.8 Å². The van der Waals surface area contributed by atoms with Gasteiger partial charge in [-0.05, 0) is 0 Å². The number of ether oxygens (including phenoxy) is 1. The highest BCUT2D eigenvalue weighted by Gasteiger charge is 2.75. The Morgan fingerprint density at radius 2 is 1.53 bits per heavy atom. The highest BCUT2D eigenvalue weighted by molar-refractivity contribution is 5.54. The van der Waals surface area contributed by atoms with Crippen molar-refractivity contribution in [2.75, 3.05) is 6.61 Å². The fraction of sp³-hybridized carbons (Fsp3) is 0.833. The number of carbonyl (C=O) groups is 1. The molecule has 0 unspecified atom stereocenters. The molecular formula is C6H3F8O3-. The van der Waals surface area contributed by atoms with Crippen molar-refractivity contribution in [1.82, 2.24) is 0 Å². The Morgan fingerprint density at radius 1 is 1.12 bits per heavy atom. The van der Waals surface area contributed by atoms with E-state index in [2.05, 4.69) is 4.74 Å². The van der Waals surface area contributed by atoms with E-state index in [1.807, 2.05) is 0 Å². The summed E-state index contributed by atoms with van der Waals surface area (Å²) in [5.74, 6) is -18.6. The van der Waals surface area contributed by atoms with Crippen LogP contribution in [0.4, 0.5) is 39.9 Å². The third-order valence-electron chi connectivity index (χ3n) is 1.52. The molecule has 0 rings (SSSR count). The summed E-state index contributed by atoms with van der Waals surface area (Å²) in [5.41, 5.74) is 0. The van der Waals surface area contributed by atoms with Crippen LogP contribution < -0.4 is 5.11 Å². The third-order valence-corrected chi connectivity index (χ3v) is 1.52. The van der Waals surface area contributed by atoms with Crippen LogP contribution in [0, 0.1) is 0 Å². The van der Waals surface area contributed by atoms with E-state index in [-0.39, 0.29) is 0 Å². The second-order valence-electron chi connectivity index (χ2n) is 2.74. The summed E-state index contributed by atoms with van der Waals surface area (Å²) < 4.78 is 99.9. The van der Waals surface area contributed by atoms with Crippen molar-refractivity contribution in [1.29, 1.82) is 0 Å². The molecule has 0 saturated carbocycles. The fourth-order valence-electron chi connectivity index (χ4n) is 0.621. The van der Waals surface area contributed by atoms with Crippen LogP contribution in [0.3, 0.4) is 0 Å². The lowest BCUT2D eigenvalue weighted by Crippen LogP contribution is -2.59. The fourth-order valence-corrected chi connectivity index (χ4v) is 0.621. The van der Waals surface area contributed by atoms with E-state index in [4.69, 9.17) is 0 Å². The molecule has 3 nitrogen and oxygen atoms in total. The quantitative estimate of drug-likeness (QED) is 0.564. The first kappa shape index (κ1) is 15.7. The van der Waals surface area contributed by atoms with Crippen molar-refractivity contribution in [3.63, 3.8) is 0 Å². The molecular weight excluding hydrogens is 272 g/mol. The lowest BCUT2D eigenvalue weighted by atomic mass is 10.1. The van der Waals surface area contributed by atoms with Gasteiger partial charge in [-0.1, -0.05) is 0 Å². The second kappa shape index (κ2) is 4.53. The van der Waals surface area contributed by atoms with E-state index >= 15 is 0 Å². The van der Waals surface area contributed by atoms with Gasteiger partial charge >= 0.3 is 24.2 Å². The van der Waals surface area contributed by atoms with Gasteiger partial charge < -0.3 is 14.6 Å². The average Bonchev–Trinajstić information content (AvgIpc) is 2.14. The van der Waals surface area contributed by atoms with Gasteiger partial charge in [0, 0.05) is 0 Å². The Bertz CT molecular complexity index is 289. The van der Waals surface area contributed by atoms with Gasteiger partial charge in [0.1, 0.15) is 0 Å². The molecule has 0 aromatic carbocycles. The molecule has 0 saturated heterocycles. The first-order valence-electron chi connectivity index (χ1n) is 3.61. The Labute approximate surface area is 88.0 Å². The van der Waals surface area contributed by atoms with Gasteiger partial charge in [0.15, 0.2) is 0 Å². The highest BCUT2D eigenvalue weighted by atomic mass is 19.4. The summed E-state index contributed by atoms with van der Waals surface area (Å²) in [5, 5.41) is 9.51. The van der Waals surface area contributed by atoms with E-state index < -0.39 is 37.0 Å². The van der Waals surface area contributed by atoms with E-state index in [1.54, 1.807) is 0 Å². The molecule has 0 atom stereocenters. The Kier molecular flexibility index (Phi) is 4.18. The number of carboxylic acid groups (broad SMARTS) is 1. The molecule has 17 heavy (non-hydrogen) atoms. The lowest BCUT2D eigenvalue weighted by molar-refractivity contribution is -0.351. The predicted molar refractivity (Wildman–Crippen MR) is 32.2 cm³/mol. The molecule has 0 aliphatic heterocycles. The predicted octanol–water partition coefficient (Wildman–Crippen LogP) is 1.52. The summed E-state index contributed by atoms with van der Waals surface area (Å²) in [6.07, 6.45) is -7.76. The van der Waals surface area contributed by atoms with Crippen molar-refractivity contribution >= 4 is 6.16 Å². The minimum Gasteiger partial charge on any atom is -0.543 e. The van der Waals surface area contributed by atoms with Crippen molar-refractivity contribution in [3.8, 4) is 0 Å². The number of hydrogen-bond donors (Lipinski definition) is 0. The SMILES string of the molecule is O=C([O-])OCC(F)(F)C(F)(F)C(F)(F)C(F)F. The lowest BCUT2D eigenvalue weighted by Gasteiger charge is -2.32. The van der Waals surface area contributed by atoms with E-state index in [1.165, 1.54) is 0 Å². The molecule has 0 bridgehead atoms. The topological polar surface area (TPSA) is 49.4 Å². The van der Waals surface area contributed by atoms with Crippen LogP contribution in [0.2, 0.25) is 0 Å². The Morgan fingerprint density at radius 3 is 1.82 bits per heavy atom. The summed E-state index contributed by atoms with van der Waals surface area (Å²) in [4.78, 5) is 9.51. The highest BCUT2D eigenvalue weighted by Crippen LogP contribution is 2.48. The minimum absolute atomic E-state index is 2.69. The molecule has 0 N–H and O–H groups in total. The molecule has 0 fully saturated rings.